The van der Waals surface area contributed by atoms with Crippen LogP contribution >= 0.6 is 0 Å². The van der Waals surface area contributed by atoms with Gasteiger partial charge in [0.05, 0.1) is 12.2 Å². The number of hydrogen-bond donors (Lipinski definition) is 2. The maximum absolute atomic E-state index is 13.7. The van der Waals surface area contributed by atoms with Crippen LogP contribution in [0.3, 0.4) is 0 Å². The smallest absolute Gasteiger partial charge is 0.321 e. The number of piperidine rings is 1. The normalized spacial score (nSPS) is 14.4. The molecule has 3 amide bonds. The van der Waals surface area contributed by atoms with Gasteiger partial charge in [0.1, 0.15) is 11.6 Å². The number of benzene rings is 2. The fourth-order valence-electron chi connectivity index (χ4n) is 3.14. The number of ether oxygens (including phenoxy) is 1. The minimum absolute atomic E-state index is 0.0400. The molecule has 1 heterocycles. The van der Waals surface area contributed by atoms with Gasteiger partial charge >= 0.3 is 6.03 Å². The van der Waals surface area contributed by atoms with Crippen molar-refractivity contribution >= 4 is 17.6 Å². The van der Waals surface area contributed by atoms with Crippen molar-refractivity contribution in [3.8, 4) is 5.75 Å². The summed E-state index contributed by atoms with van der Waals surface area (Å²) in [6, 6.07) is 12.9. The molecule has 0 spiro atoms. The molecule has 2 N–H and O–H groups in total. The van der Waals surface area contributed by atoms with E-state index in [1.165, 1.54) is 12.1 Å². The second kappa shape index (κ2) is 9.21. The molecule has 0 atom stereocenters. The minimum atomic E-state index is -0.535. The highest BCUT2D eigenvalue weighted by Crippen LogP contribution is 2.18. The summed E-state index contributed by atoms with van der Waals surface area (Å²) >= 11 is 0. The molecule has 148 valence electrons. The SMILES string of the molecule is CCOc1ccc(NC(=O)N2CCC(NC(=O)c3ccccc3F)CC2)cc1. The lowest BCUT2D eigenvalue weighted by Crippen LogP contribution is -2.47. The second-order valence-corrected chi connectivity index (χ2v) is 6.60. The molecule has 1 saturated heterocycles. The van der Waals surface area contributed by atoms with E-state index < -0.39 is 11.7 Å². The lowest BCUT2D eigenvalue weighted by molar-refractivity contribution is 0.0915. The molecule has 2 aromatic carbocycles. The van der Waals surface area contributed by atoms with Crippen LogP contribution in [0.4, 0.5) is 14.9 Å². The number of rotatable bonds is 5. The average Bonchev–Trinajstić information content (AvgIpc) is 2.70. The summed E-state index contributed by atoms with van der Waals surface area (Å²) in [6.45, 7) is 3.54. The van der Waals surface area contributed by atoms with Crippen LogP contribution in [0, 0.1) is 5.82 Å². The lowest BCUT2D eigenvalue weighted by atomic mass is 10.0. The monoisotopic (exact) mass is 385 g/mol. The van der Waals surface area contributed by atoms with Crippen LogP contribution in [-0.4, -0.2) is 42.6 Å². The number of anilines is 1. The Balaban J connectivity index is 1.47. The molecule has 0 unspecified atom stereocenters. The molecule has 0 bridgehead atoms. The van der Waals surface area contributed by atoms with E-state index in [2.05, 4.69) is 10.6 Å². The zero-order chi connectivity index (χ0) is 19.9. The van der Waals surface area contributed by atoms with Crippen LogP contribution in [0.15, 0.2) is 48.5 Å². The van der Waals surface area contributed by atoms with E-state index in [1.54, 1.807) is 29.2 Å². The molecular weight excluding hydrogens is 361 g/mol. The van der Waals surface area contributed by atoms with Crippen molar-refractivity contribution in [1.82, 2.24) is 10.2 Å². The van der Waals surface area contributed by atoms with E-state index in [9.17, 15) is 14.0 Å². The predicted molar refractivity (Wildman–Crippen MR) is 105 cm³/mol. The van der Waals surface area contributed by atoms with E-state index in [0.717, 1.165) is 5.75 Å². The van der Waals surface area contributed by atoms with Gasteiger partial charge in [-0.05, 0) is 56.2 Å². The first kappa shape index (κ1) is 19.7. The molecule has 1 aliphatic heterocycles. The Morgan fingerprint density at radius 2 is 1.79 bits per heavy atom. The molecular formula is C21H24FN3O3. The molecule has 1 aliphatic rings. The number of nitrogens with one attached hydrogen (secondary N) is 2. The third-order valence-corrected chi connectivity index (χ3v) is 4.65. The largest absolute Gasteiger partial charge is 0.494 e. The van der Waals surface area contributed by atoms with E-state index in [4.69, 9.17) is 4.74 Å². The summed E-state index contributed by atoms with van der Waals surface area (Å²) < 4.78 is 19.1. The number of nitrogens with zero attached hydrogens (tertiary/aromatic N) is 1. The summed E-state index contributed by atoms with van der Waals surface area (Å²) in [7, 11) is 0. The van der Waals surface area contributed by atoms with Crippen molar-refractivity contribution in [1.29, 1.82) is 0 Å². The second-order valence-electron chi connectivity index (χ2n) is 6.60. The highest BCUT2D eigenvalue weighted by molar-refractivity contribution is 5.94. The predicted octanol–water partition coefficient (Wildman–Crippen LogP) is 3.65. The van der Waals surface area contributed by atoms with Crippen LogP contribution in [-0.2, 0) is 0 Å². The first-order valence-corrected chi connectivity index (χ1v) is 9.41. The quantitative estimate of drug-likeness (QED) is 0.825. The van der Waals surface area contributed by atoms with Crippen LogP contribution in [0.25, 0.3) is 0 Å². The van der Waals surface area contributed by atoms with Crippen molar-refractivity contribution in [2.75, 3.05) is 25.0 Å². The van der Waals surface area contributed by atoms with E-state index in [0.29, 0.717) is 38.2 Å². The molecule has 28 heavy (non-hydrogen) atoms. The lowest BCUT2D eigenvalue weighted by Gasteiger charge is -2.32. The van der Waals surface area contributed by atoms with Crippen molar-refractivity contribution in [3.63, 3.8) is 0 Å². The van der Waals surface area contributed by atoms with Gasteiger partial charge in [-0.25, -0.2) is 9.18 Å². The minimum Gasteiger partial charge on any atom is -0.494 e. The molecule has 0 aromatic heterocycles. The topological polar surface area (TPSA) is 70.7 Å². The summed E-state index contributed by atoms with van der Waals surface area (Å²) in [5, 5.41) is 5.72. The van der Waals surface area contributed by atoms with E-state index >= 15 is 0 Å². The van der Waals surface area contributed by atoms with Gasteiger partial charge in [0.15, 0.2) is 0 Å². The van der Waals surface area contributed by atoms with Crippen LogP contribution in [0.5, 0.6) is 5.75 Å². The van der Waals surface area contributed by atoms with Gasteiger partial charge in [0, 0.05) is 24.8 Å². The van der Waals surface area contributed by atoms with Crippen LogP contribution in [0.2, 0.25) is 0 Å². The molecule has 0 saturated carbocycles. The molecule has 2 aromatic rings. The molecule has 1 fully saturated rings. The van der Waals surface area contributed by atoms with Gasteiger partial charge in [-0.15, -0.1) is 0 Å². The summed E-state index contributed by atoms with van der Waals surface area (Å²) in [5.74, 6) is -0.200. The number of halogens is 1. The zero-order valence-corrected chi connectivity index (χ0v) is 15.8. The molecule has 0 radical (unpaired) electrons. The zero-order valence-electron chi connectivity index (χ0n) is 15.8. The van der Waals surface area contributed by atoms with Gasteiger partial charge < -0.3 is 20.3 Å². The van der Waals surface area contributed by atoms with E-state index in [-0.39, 0.29) is 17.6 Å². The third-order valence-electron chi connectivity index (χ3n) is 4.65. The van der Waals surface area contributed by atoms with Gasteiger partial charge in [0.2, 0.25) is 0 Å². The van der Waals surface area contributed by atoms with Crippen molar-refractivity contribution in [2.45, 2.75) is 25.8 Å². The van der Waals surface area contributed by atoms with Crippen molar-refractivity contribution < 1.29 is 18.7 Å². The van der Waals surface area contributed by atoms with Crippen LogP contribution in [0.1, 0.15) is 30.1 Å². The maximum Gasteiger partial charge on any atom is 0.321 e. The van der Waals surface area contributed by atoms with E-state index in [1.807, 2.05) is 19.1 Å². The molecule has 0 aliphatic carbocycles. The van der Waals surface area contributed by atoms with Crippen molar-refractivity contribution in [2.24, 2.45) is 0 Å². The first-order chi connectivity index (χ1) is 13.6. The highest BCUT2D eigenvalue weighted by Gasteiger charge is 2.24. The summed E-state index contributed by atoms with van der Waals surface area (Å²) in [5.41, 5.74) is 0.738. The van der Waals surface area contributed by atoms with Gasteiger partial charge in [0.25, 0.3) is 5.91 Å². The average molecular weight is 385 g/mol. The molecule has 3 rings (SSSR count). The number of likely N-dealkylation sites (tertiary alicyclic amines) is 1. The Morgan fingerprint density at radius 1 is 1.11 bits per heavy atom. The van der Waals surface area contributed by atoms with Gasteiger partial charge in [-0.2, -0.15) is 0 Å². The number of hydrogen-bond acceptors (Lipinski definition) is 3. The number of carbonyl (C=O) groups is 2. The molecule has 7 heteroatoms. The molecule has 6 nitrogen and oxygen atoms in total. The first-order valence-electron chi connectivity index (χ1n) is 9.41. The Bertz CT molecular complexity index is 818. The van der Waals surface area contributed by atoms with Gasteiger partial charge in [-0.1, -0.05) is 12.1 Å². The number of urea groups is 1. The summed E-state index contributed by atoms with van der Waals surface area (Å²) in [6.07, 6.45) is 1.24. The highest BCUT2D eigenvalue weighted by atomic mass is 19.1. The third kappa shape index (κ3) is 5.00. The Morgan fingerprint density at radius 3 is 2.43 bits per heavy atom. The standard InChI is InChI=1S/C21H24FN3O3/c1-2-28-17-9-7-15(8-10-17)24-21(27)25-13-11-16(12-14-25)23-20(26)18-5-3-4-6-19(18)22/h3-10,16H,2,11-14H2,1H3,(H,23,26)(H,24,27). The Hall–Kier alpha value is -3.09. The van der Waals surface area contributed by atoms with Gasteiger partial charge in [-0.3, -0.25) is 4.79 Å². The van der Waals surface area contributed by atoms with Crippen LogP contribution < -0.4 is 15.4 Å². The fraction of sp³-hybridized carbons (Fsp3) is 0.333. The maximum atomic E-state index is 13.7. The fourth-order valence-corrected chi connectivity index (χ4v) is 3.14. The Kier molecular flexibility index (Phi) is 6.47. The number of amides is 3. The van der Waals surface area contributed by atoms with Crippen molar-refractivity contribution in [3.05, 3.63) is 59.9 Å². The number of carbonyl (C=O) groups excluding carboxylic acids is 2. The summed E-state index contributed by atoms with van der Waals surface area (Å²) in [4.78, 5) is 26.3. The Labute approximate surface area is 163 Å².